The van der Waals surface area contributed by atoms with Crippen molar-refractivity contribution in [3.63, 3.8) is 0 Å². The highest BCUT2D eigenvalue weighted by atomic mass is 32.1. The zero-order valence-electron chi connectivity index (χ0n) is 13.0. The second-order valence-corrected chi connectivity index (χ2v) is 8.06. The van der Waals surface area contributed by atoms with E-state index in [1.165, 1.54) is 9.75 Å². The van der Waals surface area contributed by atoms with E-state index < -0.39 is 0 Å². The van der Waals surface area contributed by atoms with Gasteiger partial charge in [-0.15, -0.1) is 22.7 Å². The molecular weight excluding hydrogens is 312 g/mol. The summed E-state index contributed by atoms with van der Waals surface area (Å²) in [6.07, 6.45) is 1.09. The lowest BCUT2D eigenvalue weighted by molar-refractivity contribution is -0.129. The normalized spacial score (nSPS) is 24.2. The Morgan fingerprint density at radius 1 is 1.18 bits per heavy atom. The van der Waals surface area contributed by atoms with Crippen molar-refractivity contribution < 1.29 is 4.79 Å². The second-order valence-electron chi connectivity index (χ2n) is 6.10. The number of nitrogens with zero attached hydrogens (tertiary/aromatic N) is 1. The first-order chi connectivity index (χ1) is 10.7. The molecular formula is C17H22N2OS2. The van der Waals surface area contributed by atoms with Gasteiger partial charge in [0.2, 0.25) is 5.91 Å². The van der Waals surface area contributed by atoms with Crippen LogP contribution in [0.25, 0.3) is 0 Å². The van der Waals surface area contributed by atoms with Crippen LogP contribution in [0.15, 0.2) is 35.0 Å². The van der Waals surface area contributed by atoms with Crippen LogP contribution in [0.5, 0.6) is 0 Å². The Morgan fingerprint density at radius 2 is 1.77 bits per heavy atom. The van der Waals surface area contributed by atoms with Crippen molar-refractivity contribution in [2.75, 3.05) is 27.2 Å². The van der Waals surface area contributed by atoms with Crippen LogP contribution in [-0.4, -0.2) is 38.0 Å². The van der Waals surface area contributed by atoms with E-state index in [-0.39, 0.29) is 11.8 Å². The molecule has 3 rings (SSSR count). The molecule has 22 heavy (non-hydrogen) atoms. The molecule has 5 heteroatoms. The predicted molar refractivity (Wildman–Crippen MR) is 93.8 cm³/mol. The van der Waals surface area contributed by atoms with Crippen molar-refractivity contribution in [2.45, 2.75) is 18.3 Å². The lowest BCUT2D eigenvalue weighted by Gasteiger charge is -2.43. The molecule has 1 amide bonds. The standard InChI is InChI=1S/C17H22N2OS2/c1-19(2)8-7-18-17(20)16-12(14-5-3-9-21-14)11-13(16)15-6-4-10-22-15/h3-6,9-10,12-13,16H,7-8,11H2,1-2H3,(H,18,20)/t12-,13+,16?. The molecule has 2 heterocycles. The van der Waals surface area contributed by atoms with Crippen LogP contribution in [0, 0.1) is 5.92 Å². The zero-order valence-corrected chi connectivity index (χ0v) is 14.6. The van der Waals surface area contributed by atoms with E-state index >= 15 is 0 Å². The lowest BCUT2D eigenvalue weighted by Crippen LogP contribution is -2.45. The zero-order chi connectivity index (χ0) is 15.5. The monoisotopic (exact) mass is 334 g/mol. The van der Waals surface area contributed by atoms with E-state index in [0.717, 1.165) is 19.5 Å². The molecule has 0 radical (unpaired) electrons. The number of hydrogen-bond donors (Lipinski definition) is 1. The van der Waals surface area contributed by atoms with Gasteiger partial charge in [0.25, 0.3) is 0 Å². The highest BCUT2D eigenvalue weighted by Crippen LogP contribution is 2.54. The lowest BCUT2D eigenvalue weighted by atomic mass is 9.63. The number of amides is 1. The van der Waals surface area contributed by atoms with Gasteiger partial charge in [-0.05, 0) is 43.4 Å². The van der Waals surface area contributed by atoms with Gasteiger partial charge in [-0.25, -0.2) is 0 Å². The third kappa shape index (κ3) is 3.26. The van der Waals surface area contributed by atoms with Crippen LogP contribution >= 0.6 is 22.7 Å². The maximum Gasteiger partial charge on any atom is 0.224 e. The Bertz CT molecular complexity index is 552. The van der Waals surface area contributed by atoms with Gasteiger partial charge in [-0.3, -0.25) is 4.79 Å². The molecule has 1 aliphatic rings. The van der Waals surface area contributed by atoms with Crippen molar-refractivity contribution in [3.8, 4) is 0 Å². The fourth-order valence-electron chi connectivity index (χ4n) is 3.13. The molecule has 2 aromatic heterocycles. The molecule has 0 saturated heterocycles. The van der Waals surface area contributed by atoms with E-state index in [9.17, 15) is 4.79 Å². The van der Waals surface area contributed by atoms with Crippen LogP contribution in [0.4, 0.5) is 0 Å². The minimum atomic E-state index is 0.0828. The number of carbonyl (C=O) groups excluding carboxylic acids is 1. The third-order valence-corrected chi connectivity index (χ3v) is 6.36. The maximum atomic E-state index is 12.7. The molecule has 1 fully saturated rings. The average Bonchev–Trinajstić information content (AvgIpc) is 3.10. The number of rotatable bonds is 6. The van der Waals surface area contributed by atoms with Gasteiger partial charge in [0.15, 0.2) is 0 Å². The SMILES string of the molecule is CN(C)CCNC(=O)C1[C@@H](c2cccs2)C[C@H]1c1cccs1. The van der Waals surface area contributed by atoms with Gasteiger partial charge < -0.3 is 10.2 Å². The summed E-state index contributed by atoms with van der Waals surface area (Å²) in [5.41, 5.74) is 0. The Kier molecular flexibility index (Phi) is 4.96. The Balaban J connectivity index is 1.70. The van der Waals surface area contributed by atoms with Crippen molar-refractivity contribution >= 4 is 28.6 Å². The molecule has 1 saturated carbocycles. The molecule has 1 N–H and O–H groups in total. The summed E-state index contributed by atoms with van der Waals surface area (Å²) in [6.45, 7) is 1.60. The van der Waals surface area contributed by atoms with Crippen LogP contribution in [0.2, 0.25) is 0 Å². The van der Waals surface area contributed by atoms with E-state index in [1.807, 2.05) is 14.1 Å². The minimum absolute atomic E-state index is 0.0828. The van der Waals surface area contributed by atoms with Crippen LogP contribution in [0.3, 0.4) is 0 Å². The van der Waals surface area contributed by atoms with Gasteiger partial charge >= 0.3 is 0 Å². The molecule has 3 nitrogen and oxygen atoms in total. The van der Waals surface area contributed by atoms with E-state index in [2.05, 4.69) is 45.2 Å². The van der Waals surface area contributed by atoms with Gasteiger partial charge in [0, 0.05) is 34.7 Å². The molecule has 1 aliphatic carbocycles. The molecule has 1 unspecified atom stereocenters. The Labute approximate surface area is 140 Å². The van der Waals surface area contributed by atoms with E-state index in [0.29, 0.717) is 11.8 Å². The highest BCUT2D eigenvalue weighted by molar-refractivity contribution is 7.10. The summed E-state index contributed by atoms with van der Waals surface area (Å²) in [4.78, 5) is 17.5. The highest BCUT2D eigenvalue weighted by Gasteiger charge is 2.47. The fourth-order valence-corrected chi connectivity index (χ4v) is 4.91. The smallest absolute Gasteiger partial charge is 0.224 e. The number of carbonyl (C=O) groups is 1. The number of likely N-dealkylation sites (N-methyl/N-ethyl adjacent to an activating group) is 1. The molecule has 3 atom stereocenters. The van der Waals surface area contributed by atoms with Crippen molar-refractivity contribution in [1.82, 2.24) is 10.2 Å². The van der Waals surface area contributed by atoms with Crippen molar-refractivity contribution in [3.05, 3.63) is 44.8 Å². The molecule has 0 aliphatic heterocycles. The largest absolute Gasteiger partial charge is 0.355 e. The quantitative estimate of drug-likeness (QED) is 0.878. The maximum absolute atomic E-state index is 12.7. The predicted octanol–water partition coefficient (Wildman–Crippen LogP) is 3.37. The summed E-state index contributed by atoms with van der Waals surface area (Å²) < 4.78 is 0. The summed E-state index contributed by atoms with van der Waals surface area (Å²) in [5, 5.41) is 7.34. The van der Waals surface area contributed by atoms with E-state index in [1.54, 1.807) is 22.7 Å². The number of nitrogens with one attached hydrogen (secondary N) is 1. The van der Waals surface area contributed by atoms with Gasteiger partial charge in [0.05, 0.1) is 5.92 Å². The second kappa shape index (κ2) is 6.94. The number of hydrogen-bond acceptors (Lipinski definition) is 4. The van der Waals surface area contributed by atoms with Gasteiger partial charge in [0.1, 0.15) is 0 Å². The molecule has 0 spiro atoms. The van der Waals surface area contributed by atoms with E-state index in [4.69, 9.17) is 0 Å². The topological polar surface area (TPSA) is 32.3 Å². The summed E-state index contributed by atoms with van der Waals surface area (Å²) >= 11 is 3.54. The summed E-state index contributed by atoms with van der Waals surface area (Å²) in [6, 6.07) is 8.50. The van der Waals surface area contributed by atoms with Crippen molar-refractivity contribution in [2.24, 2.45) is 5.92 Å². The Morgan fingerprint density at radius 3 is 2.23 bits per heavy atom. The van der Waals surface area contributed by atoms with Gasteiger partial charge in [-0.1, -0.05) is 12.1 Å². The number of thiophene rings is 2. The molecule has 2 aromatic rings. The molecule has 0 bridgehead atoms. The fraction of sp³-hybridized carbons (Fsp3) is 0.471. The minimum Gasteiger partial charge on any atom is -0.355 e. The first-order valence-electron chi connectivity index (χ1n) is 7.66. The summed E-state index contributed by atoms with van der Waals surface area (Å²) in [5.74, 6) is 1.06. The summed E-state index contributed by atoms with van der Waals surface area (Å²) in [7, 11) is 4.05. The molecule has 0 aromatic carbocycles. The third-order valence-electron chi connectivity index (χ3n) is 4.35. The van der Waals surface area contributed by atoms with Crippen molar-refractivity contribution in [1.29, 1.82) is 0 Å². The molecule has 118 valence electrons. The Hall–Kier alpha value is -1.17. The first-order valence-corrected chi connectivity index (χ1v) is 9.42. The average molecular weight is 335 g/mol. The van der Waals surface area contributed by atoms with Gasteiger partial charge in [-0.2, -0.15) is 0 Å². The van der Waals surface area contributed by atoms with Crippen LogP contribution in [0.1, 0.15) is 28.0 Å². The first kappa shape index (κ1) is 15.7. The van der Waals surface area contributed by atoms with Crippen LogP contribution in [-0.2, 0) is 4.79 Å². The van der Waals surface area contributed by atoms with Crippen LogP contribution < -0.4 is 5.32 Å².